The highest BCUT2D eigenvalue weighted by Gasteiger charge is 2.50. The van der Waals surface area contributed by atoms with Gasteiger partial charge < -0.3 is 28.4 Å². The predicted molar refractivity (Wildman–Crippen MR) is 166 cm³/mol. The molecule has 10 heteroatoms. The van der Waals surface area contributed by atoms with Crippen LogP contribution in [0.15, 0.2) is 48.5 Å². The van der Waals surface area contributed by atoms with E-state index in [1.165, 1.54) is 11.1 Å². The molecule has 0 saturated carbocycles. The van der Waals surface area contributed by atoms with Crippen LogP contribution in [0, 0.1) is 5.41 Å². The number of rotatable bonds is 9. The summed E-state index contributed by atoms with van der Waals surface area (Å²) in [6, 6.07) is 16.7. The average molecular weight is 643 g/mol. The fourth-order valence-corrected chi connectivity index (χ4v) is 5.34. The summed E-state index contributed by atoms with van der Waals surface area (Å²) in [6.45, 7) is 6.14. The molecule has 0 spiro atoms. The van der Waals surface area contributed by atoms with E-state index in [2.05, 4.69) is 50.2 Å². The number of benzene rings is 2. The van der Waals surface area contributed by atoms with Crippen LogP contribution in [0.25, 0.3) is 0 Å². The van der Waals surface area contributed by atoms with Crippen molar-refractivity contribution in [3.05, 3.63) is 70.8 Å². The van der Waals surface area contributed by atoms with Crippen LogP contribution in [0.1, 0.15) is 61.8 Å². The van der Waals surface area contributed by atoms with Gasteiger partial charge in [0.15, 0.2) is 0 Å². The molecule has 2 aliphatic heterocycles. The minimum absolute atomic E-state index is 0.213. The van der Waals surface area contributed by atoms with Crippen LogP contribution in [0.4, 0.5) is 0 Å². The molecule has 1 N–H and O–H groups in total. The van der Waals surface area contributed by atoms with E-state index < -0.39 is 40.4 Å². The zero-order valence-electron chi connectivity index (χ0n) is 24.4. The van der Waals surface area contributed by atoms with Gasteiger partial charge in [-0.2, -0.15) is 0 Å². The first-order chi connectivity index (χ1) is 20.3. The normalized spacial score (nSPS) is 25.1. The fourth-order valence-electron chi connectivity index (χ4n) is 5.21. The van der Waals surface area contributed by atoms with Gasteiger partial charge in [0.1, 0.15) is 24.4 Å². The van der Waals surface area contributed by atoms with Crippen molar-refractivity contribution >= 4 is 40.7 Å². The average Bonchev–Trinajstić information content (AvgIpc) is 2.97. The molecule has 2 heterocycles. The molecule has 5 atom stereocenters. The second-order valence-electron chi connectivity index (χ2n) is 10.7. The quantitative estimate of drug-likeness (QED) is 0.133. The van der Waals surface area contributed by atoms with E-state index in [0.717, 1.165) is 49.7 Å². The number of hydrogen-bond acceptors (Lipinski definition) is 7. The molecule has 4 rings (SSSR count). The third-order valence-electron chi connectivity index (χ3n) is 7.57. The standard InChI is InChI=1S/C32H42Cl3NO6/c1-3-5-17-38-27-26-21-37-19-24-13-9-7-11-22(24)15-16-23-12-8-10-14-25(23)20-40-28(27)29(39-18-6-4-2)30(41-26)42-31(36)32(33,34)35/h7-14,26-30,36H,3-6,15-21H2,1-2H3/t26?,27-,28?,29+,30+/m1/s1. The number of alkyl halides is 3. The molecule has 2 aromatic rings. The van der Waals surface area contributed by atoms with Crippen LogP contribution >= 0.6 is 34.8 Å². The SMILES string of the molecule is CCCCO[C@@H]1C2COCc3ccccc3CCc3ccccc3COC1[C@H](OCCCC)[C@H](OC(=N)C(Cl)(Cl)Cl)O2. The topological polar surface area (TPSA) is 79.2 Å². The maximum Gasteiger partial charge on any atom is 0.265 e. The third-order valence-corrected chi connectivity index (χ3v) is 8.09. The molecule has 232 valence electrons. The number of nitrogens with one attached hydrogen (secondary N) is 1. The lowest BCUT2D eigenvalue weighted by molar-refractivity contribution is -0.310. The molecule has 0 aliphatic carbocycles. The van der Waals surface area contributed by atoms with Crippen molar-refractivity contribution in [1.82, 2.24) is 0 Å². The van der Waals surface area contributed by atoms with Gasteiger partial charge in [-0.1, -0.05) is 110 Å². The molecule has 2 unspecified atom stereocenters. The van der Waals surface area contributed by atoms with Crippen LogP contribution in [0.5, 0.6) is 0 Å². The molecule has 1 fully saturated rings. The minimum Gasteiger partial charge on any atom is -0.445 e. The second kappa shape index (κ2) is 16.6. The summed E-state index contributed by atoms with van der Waals surface area (Å²) in [5.74, 6) is -0.556. The van der Waals surface area contributed by atoms with Crippen LogP contribution in [-0.4, -0.2) is 60.2 Å². The summed E-state index contributed by atoms with van der Waals surface area (Å²) in [4.78, 5) is 0. The van der Waals surface area contributed by atoms with E-state index in [1.54, 1.807) is 0 Å². The highest BCUT2D eigenvalue weighted by atomic mass is 35.6. The number of unbranched alkanes of at least 4 members (excludes halogenated alkanes) is 2. The van der Waals surface area contributed by atoms with Gasteiger partial charge in [0.2, 0.25) is 12.2 Å². The molecule has 0 radical (unpaired) electrons. The van der Waals surface area contributed by atoms with E-state index in [-0.39, 0.29) is 6.61 Å². The van der Waals surface area contributed by atoms with E-state index in [1.807, 2.05) is 12.1 Å². The van der Waals surface area contributed by atoms with Crippen LogP contribution in [-0.2, 0) is 54.5 Å². The molecule has 0 aromatic heterocycles. The maximum atomic E-state index is 8.29. The van der Waals surface area contributed by atoms with Gasteiger partial charge >= 0.3 is 0 Å². The van der Waals surface area contributed by atoms with Crippen molar-refractivity contribution in [3.63, 3.8) is 0 Å². The summed E-state index contributed by atoms with van der Waals surface area (Å²) in [7, 11) is 0. The Hall–Kier alpha value is -1.42. The van der Waals surface area contributed by atoms with Gasteiger partial charge in [0.05, 0.1) is 19.8 Å². The molecular formula is C32H42Cl3NO6. The number of ether oxygens (including phenoxy) is 6. The molecular weight excluding hydrogens is 601 g/mol. The van der Waals surface area contributed by atoms with E-state index in [4.69, 9.17) is 68.6 Å². The molecule has 42 heavy (non-hydrogen) atoms. The Morgan fingerprint density at radius 1 is 0.833 bits per heavy atom. The lowest BCUT2D eigenvalue weighted by Crippen LogP contribution is -2.62. The van der Waals surface area contributed by atoms with Gasteiger partial charge in [-0.25, -0.2) is 0 Å². The van der Waals surface area contributed by atoms with Gasteiger partial charge in [-0.05, 0) is 47.9 Å². The molecule has 1 saturated heterocycles. The van der Waals surface area contributed by atoms with E-state index >= 15 is 0 Å². The maximum absolute atomic E-state index is 8.29. The van der Waals surface area contributed by atoms with Crippen molar-refractivity contribution in [2.24, 2.45) is 0 Å². The predicted octanol–water partition coefficient (Wildman–Crippen LogP) is 7.35. The van der Waals surface area contributed by atoms with Crippen molar-refractivity contribution in [1.29, 1.82) is 5.41 Å². The Bertz CT molecular complexity index is 1130. The first-order valence-electron chi connectivity index (χ1n) is 14.9. The molecule has 2 aromatic carbocycles. The zero-order chi connectivity index (χ0) is 30.0. The Morgan fingerprint density at radius 3 is 1.95 bits per heavy atom. The Morgan fingerprint density at radius 2 is 1.38 bits per heavy atom. The Balaban J connectivity index is 1.72. The van der Waals surface area contributed by atoms with Crippen LogP contribution in [0.3, 0.4) is 0 Å². The van der Waals surface area contributed by atoms with Gasteiger partial charge in [0.25, 0.3) is 3.79 Å². The van der Waals surface area contributed by atoms with E-state index in [9.17, 15) is 0 Å². The molecule has 7 nitrogen and oxygen atoms in total. The van der Waals surface area contributed by atoms with Crippen molar-refractivity contribution in [3.8, 4) is 0 Å². The van der Waals surface area contributed by atoms with Gasteiger partial charge in [0, 0.05) is 13.2 Å². The minimum atomic E-state index is -2.06. The Kier molecular flexibility index (Phi) is 13.2. The van der Waals surface area contributed by atoms with Crippen molar-refractivity contribution in [2.45, 2.75) is 100 Å². The summed E-state index contributed by atoms with van der Waals surface area (Å²) in [5.41, 5.74) is 4.68. The van der Waals surface area contributed by atoms with Crippen LogP contribution < -0.4 is 0 Å². The summed E-state index contributed by atoms with van der Waals surface area (Å²) in [5, 5.41) is 8.29. The lowest BCUT2D eigenvalue weighted by atomic mass is 9.96. The highest BCUT2D eigenvalue weighted by Crippen LogP contribution is 2.34. The first kappa shape index (κ1) is 33.5. The van der Waals surface area contributed by atoms with Crippen LogP contribution in [0.2, 0.25) is 0 Å². The molecule has 2 bridgehead atoms. The molecule has 2 aliphatic rings. The second-order valence-corrected chi connectivity index (χ2v) is 13.0. The molecule has 0 amide bonds. The monoisotopic (exact) mass is 641 g/mol. The fraction of sp³-hybridized carbons (Fsp3) is 0.594. The largest absolute Gasteiger partial charge is 0.445 e. The zero-order valence-corrected chi connectivity index (χ0v) is 26.6. The highest BCUT2D eigenvalue weighted by molar-refractivity contribution is 6.76. The van der Waals surface area contributed by atoms with Crippen molar-refractivity contribution < 1.29 is 28.4 Å². The number of hydrogen-bond donors (Lipinski definition) is 1. The third kappa shape index (κ3) is 9.29. The summed E-state index contributed by atoms with van der Waals surface area (Å²) >= 11 is 18.0. The van der Waals surface area contributed by atoms with E-state index in [0.29, 0.717) is 26.4 Å². The van der Waals surface area contributed by atoms with Gasteiger partial charge in [-0.3, -0.25) is 5.41 Å². The Labute approximate surface area is 264 Å². The number of fused-ring (bicyclic) bond motifs is 4. The number of aryl methyl sites for hydroxylation is 2. The smallest absolute Gasteiger partial charge is 0.265 e. The summed E-state index contributed by atoms with van der Waals surface area (Å²) < 4.78 is 36.0. The van der Waals surface area contributed by atoms with Crippen molar-refractivity contribution in [2.75, 3.05) is 19.8 Å². The summed E-state index contributed by atoms with van der Waals surface area (Å²) in [6.07, 6.45) is 1.86. The lowest BCUT2D eigenvalue weighted by Gasteiger charge is -2.46. The van der Waals surface area contributed by atoms with Gasteiger partial charge in [-0.15, -0.1) is 0 Å². The first-order valence-corrected chi connectivity index (χ1v) is 16.0. The number of halogens is 3.